The third kappa shape index (κ3) is 6.50. The minimum absolute atomic E-state index is 0.194. The zero-order valence-electron chi connectivity index (χ0n) is 17.8. The van der Waals surface area contributed by atoms with Gasteiger partial charge in [0.15, 0.2) is 0 Å². The van der Waals surface area contributed by atoms with Crippen molar-refractivity contribution in [3.63, 3.8) is 0 Å². The molecule has 1 aromatic heterocycles. The number of carbonyl (C=O) groups excluding carboxylic acids is 2. The Bertz CT molecular complexity index is 1190. The Morgan fingerprint density at radius 3 is 2.64 bits per heavy atom. The molecule has 11 heteroatoms. The molecule has 4 N–H and O–H groups in total. The summed E-state index contributed by atoms with van der Waals surface area (Å²) in [6.45, 7) is 1.89. The van der Waals surface area contributed by atoms with Crippen molar-refractivity contribution in [3.05, 3.63) is 70.7 Å². The normalized spacial score (nSPS) is 10.6. The smallest absolute Gasteiger partial charge is 0.397 e. The number of hydrogen-bond acceptors (Lipinski definition) is 8. The van der Waals surface area contributed by atoms with E-state index in [9.17, 15) is 9.59 Å². The fourth-order valence-electron chi connectivity index (χ4n) is 2.60. The van der Waals surface area contributed by atoms with Crippen molar-refractivity contribution >= 4 is 33.6 Å². The molecular formula is C22H21BrN5O5+. The third-order valence-corrected chi connectivity index (χ3v) is 4.50. The fourth-order valence-corrected chi connectivity index (χ4v) is 3.07. The fraction of sp³-hybridized carbons (Fsp3) is 0.136. The molecule has 0 aliphatic carbocycles. The van der Waals surface area contributed by atoms with Gasteiger partial charge in [0, 0.05) is 29.4 Å². The summed E-state index contributed by atoms with van der Waals surface area (Å²) in [6.07, 6.45) is 3.13. The highest BCUT2D eigenvalue weighted by molar-refractivity contribution is 9.10. The number of amides is 1. The average Bonchev–Trinajstić information content (AvgIpc) is 3.28. The summed E-state index contributed by atoms with van der Waals surface area (Å²) in [5.74, 6) is 0.113. The largest absolute Gasteiger partial charge is 0.459 e. The molecule has 0 spiro atoms. The van der Waals surface area contributed by atoms with E-state index in [1.54, 1.807) is 62.6 Å². The van der Waals surface area contributed by atoms with Gasteiger partial charge >= 0.3 is 17.8 Å². The first kappa shape index (κ1) is 23.7. The maximum Gasteiger partial charge on any atom is 0.397 e. The van der Waals surface area contributed by atoms with Gasteiger partial charge in [-0.25, -0.2) is 14.9 Å². The minimum atomic E-state index is -0.678. The van der Waals surface area contributed by atoms with E-state index in [0.717, 1.165) is 0 Å². The Labute approximate surface area is 197 Å². The van der Waals surface area contributed by atoms with Crippen molar-refractivity contribution in [1.29, 1.82) is 0 Å². The van der Waals surface area contributed by atoms with Gasteiger partial charge in [0.1, 0.15) is 11.5 Å². The zero-order chi connectivity index (χ0) is 23.8. The number of nitrogens with two attached hydrogens (primary N) is 1. The summed E-state index contributed by atoms with van der Waals surface area (Å²) < 4.78 is 16.3. The molecule has 0 bridgehead atoms. The number of benzene rings is 2. The van der Waals surface area contributed by atoms with Gasteiger partial charge in [-0.2, -0.15) is 4.98 Å². The minimum Gasteiger partial charge on any atom is -0.459 e. The molecular weight excluding hydrogens is 494 g/mol. The van der Waals surface area contributed by atoms with Crippen LogP contribution < -0.4 is 20.8 Å². The average molecular weight is 515 g/mol. The van der Waals surface area contributed by atoms with Gasteiger partial charge in [0.05, 0.1) is 12.2 Å². The SMILES string of the molecule is CCOC(=O)c1nc(-c2ccc(Oc3cc(Br)cc(C(=O)NC(=[NH2+])/C=C\NC)c3)cc2)no1. The molecule has 1 amide bonds. The van der Waals surface area contributed by atoms with E-state index in [4.69, 9.17) is 19.4 Å². The van der Waals surface area contributed by atoms with E-state index < -0.39 is 5.97 Å². The standard InChI is InChI=1S/C22H20BrN5O5/c1-3-31-22(30)21-27-19(28-33-21)13-4-6-16(7-5-13)32-17-11-14(10-15(23)12-17)20(29)26-18(24)8-9-25-2/h4-12,25H,3H2,1-2H3,(H2,24,26,29)/p+1/b9-8-. The number of amidine groups is 1. The lowest BCUT2D eigenvalue weighted by molar-refractivity contribution is -0.115. The molecule has 0 fully saturated rings. The van der Waals surface area contributed by atoms with Crippen LogP contribution in [0.2, 0.25) is 0 Å². The number of rotatable bonds is 8. The van der Waals surface area contributed by atoms with Gasteiger partial charge in [-0.05, 0) is 49.4 Å². The highest BCUT2D eigenvalue weighted by Crippen LogP contribution is 2.28. The van der Waals surface area contributed by atoms with E-state index in [1.165, 1.54) is 6.08 Å². The number of aromatic nitrogens is 2. The van der Waals surface area contributed by atoms with Crippen LogP contribution in [-0.2, 0) is 4.74 Å². The topological polar surface area (TPSA) is 141 Å². The molecule has 0 saturated heterocycles. The molecule has 33 heavy (non-hydrogen) atoms. The quantitative estimate of drug-likeness (QED) is 0.235. The Balaban J connectivity index is 1.71. The molecule has 3 aromatic rings. The molecule has 0 atom stereocenters. The van der Waals surface area contributed by atoms with Crippen LogP contribution in [0.5, 0.6) is 11.5 Å². The van der Waals surface area contributed by atoms with Crippen molar-refractivity contribution < 1.29 is 29.0 Å². The second-order valence-electron chi connectivity index (χ2n) is 6.48. The second-order valence-corrected chi connectivity index (χ2v) is 7.39. The van der Waals surface area contributed by atoms with Gasteiger partial charge in [-0.15, -0.1) is 0 Å². The maximum atomic E-state index is 12.5. The van der Waals surface area contributed by atoms with Crippen LogP contribution in [-0.4, -0.2) is 41.5 Å². The molecule has 0 aliphatic rings. The molecule has 3 rings (SSSR count). The number of hydrogen-bond donors (Lipinski definition) is 3. The summed E-state index contributed by atoms with van der Waals surface area (Å²) in [5, 5.41) is 14.9. The Hall–Kier alpha value is -3.99. The Kier molecular flexibility index (Phi) is 7.92. The van der Waals surface area contributed by atoms with Gasteiger partial charge in [0.2, 0.25) is 5.82 Å². The monoisotopic (exact) mass is 514 g/mol. The highest BCUT2D eigenvalue weighted by atomic mass is 79.9. The first-order chi connectivity index (χ1) is 15.9. The van der Waals surface area contributed by atoms with Crippen molar-refractivity contribution in [2.45, 2.75) is 6.92 Å². The lowest BCUT2D eigenvalue weighted by Gasteiger charge is -2.08. The van der Waals surface area contributed by atoms with E-state index >= 15 is 0 Å². The molecule has 0 unspecified atom stereocenters. The lowest BCUT2D eigenvalue weighted by atomic mass is 10.2. The van der Waals surface area contributed by atoms with Crippen LogP contribution in [0.25, 0.3) is 11.4 Å². The van der Waals surface area contributed by atoms with Crippen LogP contribution in [0.4, 0.5) is 0 Å². The maximum absolute atomic E-state index is 12.5. The molecule has 0 saturated carbocycles. The first-order valence-corrected chi connectivity index (χ1v) is 10.6. The molecule has 1 heterocycles. The van der Waals surface area contributed by atoms with Crippen molar-refractivity contribution in [1.82, 2.24) is 20.8 Å². The first-order valence-electron chi connectivity index (χ1n) is 9.77. The number of halogens is 1. The van der Waals surface area contributed by atoms with Crippen LogP contribution in [0.15, 0.2) is 63.7 Å². The Morgan fingerprint density at radius 2 is 1.94 bits per heavy atom. The molecule has 0 aliphatic heterocycles. The molecule has 2 aromatic carbocycles. The third-order valence-electron chi connectivity index (χ3n) is 4.05. The van der Waals surface area contributed by atoms with Crippen LogP contribution >= 0.6 is 15.9 Å². The summed E-state index contributed by atoms with van der Waals surface area (Å²) in [5.41, 5.74) is 0.978. The number of esters is 1. The van der Waals surface area contributed by atoms with E-state index in [1.807, 2.05) is 0 Å². The predicted octanol–water partition coefficient (Wildman–Crippen LogP) is 2.09. The number of nitrogens with one attached hydrogen (secondary N) is 2. The van der Waals surface area contributed by atoms with Crippen molar-refractivity contribution in [3.8, 4) is 22.9 Å². The molecule has 0 radical (unpaired) electrons. The zero-order valence-corrected chi connectivity index (χ0v) is 19.4. The summed E-state index contributed by atoms with van der Waals surface area (Å²) in [7, 11) is 1.72. The molecule has 170 valence electrons. The van der Waals surface area contributed by atoms with Crippen LogP contribution in [0.1, 0.15) is 28.0 Å². The van der Waals surface area contributed by atoms with Crippen LogP contribution in [0, 0.1) is 0 Å². The molecule has 10 nitrogen and oxygen atoms in total. The van der Waals surface area contributed by atoms with Gasteiger partial charge in [-0.1, -0.05) is 21.1 Å². The predicted molar refractivity (Wildman–Crippen MR) is 123 cm³/mol. The van der Waals surface area contributed by atoms with E-state index in [2.05, 4.69) is 36.7 Å². The van der Waals surface area contributed by atoms with E-state index in [0.29, 0.717) is 27.1 Å². The summed E-state index contributed by atoms with van der Waals surface area (Å²) in [4.78, 5) is 28.2. The van der Waals surface area contributed by atoms with Gasteiger partial charge in [0.25, 0.3) is 5.84 Å². The summed E-state index contributed by atoms with van der Waals surface area (Å²) >= 11 is 3.38. The van der Waals surface area contributed by atoms with Crippen molar-refractivity contribution in [2.24, 2.45) is 0 Å². The van der Waals surface area contributed by atoms with Crippen LogP contribution in [0.3, 0.4) is 0 Å². The number of carbonyl (C=O) groups is 2. The lowest BCUT2D eigenvalue weighted by Crippen LogP contribution is -2.49. The second kappa shape index (κ2) is 11.0. The number of nitrogens with zero attached hydrogens (tertiary/aromatic N) is 2. The summed E-state index contributed by atoms with van der Waals surface area (Å²) in [6, 6.07) is 11.8. The van der Waals surface area contributed by atoms with Crippen molar-refractivity contribution in [2.75, 3.05) is 13.7 Å². The number of ether oxygens (including phenoxy) is 2. The highest BCUT2D eigenvalue weighted by Gasteiger charge is 2.18. The van der Waals surface area contributed by atoms with Gasteiger partial charge in [-0.3, -0.25) is 5.41 Å². The van der Waals surface area contributed by atoms with Gasteiger partial charge < -0.3 is 19.3 Å². The van der Waals surface area contributed by atoms with E-state index in [-0.39, 0.29) is 30.1 Å². The Morgan fingerprint density at radius 1 is 1.18 bits per heavy atom.